The molecule has 0 atom stereocenters. The fourth-order valence-electron chi connectivity index (χ4n) is 1.99. The van der Waals surface area contributed by atoms with Crippen molar-refractivity contribution in [2.75, 3.05) is 18.9 Å². The standard InChI is InChI=1S/C16H19N3O/c1-3-17-14-9-10-18-15(11-14)16(20)19(2)12-13-7-5-4-6-8-13/h4-11H,3,12H2,1-2H3,(H,17,18). The number of carbonyl (C=O) groups excluding carboxylic acids is 1. The Kier molecular flexibility index (Phi) is 4.71. The van der Waals surface area contributed by atoms with Crippen LogP contribution in [0.1, 0.15) is 23.0 Å². The number of anilines is 1. The highest BCUT2D eigenvalue weighted by Crippen LogP contribution is 2.11. The number of nitrogens with zero attached hydrogens (tertiary/aromatic N) is 2. The van der Waals surface area contributed by atoms with Crippen molar-refractivity contribution in [1.82, 2.24) is 9.88 Å². The normalized spacial score (nSPS) is 10.1. The number of rotatable bonds is 5. The summed E-state index contributed by atoms with van der Waals surface area (Å²) >= 11 is 0. The lowest BCUT2D eigenvalue weighted by Gasteiger charge is -2.17. The van der Waals surface area contributed by atoms with Gasteiger partial charge in [-0.15, -0.1) is 0 Å². The molecule has 1 amide bonds. The lowest BCUT2D eigenvalue weighted by Crippen LogP contribution is -2.27. The highest BCUT2D eigenvalue weighted by molar-refractivity contribution is 5.92. The number of pyridine rings is 1. The summed E-state index contributed by atoms with van der Waals surface area (Å²) < 4.78 is 0. The number of carbonyl (C=O) groups is 1. The van der Waals surface area contributed by atoms with Gasteiger partial charge in [0.1, 0.15) is 5.69 Å². The molecule has 0 spiro atoms. The lowest BCUT2D eigenvalue weighted by molar-refractivity contribution is 0.0779. The van der Waals surface area contributed by atoms with E-state index in [1.165, 1.54) is 0 Å². The molecule has 0 radical (unpaired) electrons. The first kappa shape index (κ1) is 14.1. The summed E-state index contributed by atoms with van der Waals surface area (Å²) in [6, 6.07) is 13.6. The minimum absolute atomic E-state index is 0.0754. The van der Waals surface area contributed by atoms with Crippen molar-refractivity contribution in [3.05, 3.63) is 59.9 Å². The summed E-state index contributed by atoms with van der Waals surface area (Å²) in [7, 11) is 1.79. The van der Waals surface area contributed by atoms with Crippen molar-refractivity contribution in [3.8, 4) is 0 Å². The molecular formula is C16H19N3O. The van der Waals surface area contributed by atoms with Crippen LogP contribution in [0, 0.1) is 0 Å². The second-order valence-corrected chi connectivity index (χ2v) is 4.61. The van der Waals surface area contributed by atoms with Gasteiger partial charge in [0, 0.05) is 32.0 Å². The Hall–Kier alpha value is -2.36. The van der Waals surface area contributed by atoms with E-state index in [9.17, 15) is 4.79 Å². The molecule has 0 unspecified atom stereocenters. The van der Waals surface area contributed by atoms with Gasteiger partial charge >= 0.3 is 0 Å². The fourth-order valence-corrected chi connectivity index (χ4v) is 1.99. The van der Waals surface area contributed by atoms with Crippen molar-refractivity contribution < 1.29 is 4.79 Å². The van der Waals surface area contributed by atoms with Crippen LogP contribution in [0.25, 0.3) is 0 Å². The zero-order valence-electron chi connectivity index (χ0n) is 11.8. The van der Waals surface area contributed by atoms with Crippen LogP contribution < -0.4 is 5.32 Å². The second kappa shape index (κ2) is 6.70. The maximum atomic E-state index is 12.3. The Balaban J connectivity index is 2.08. The molecule has 20 heavy (non-hydrogen) atoms. The number of aromatic nitrogens is 1. The Labute approximate surface area is 119 Å². The second-order valence-electron chi connectivity index (χ2n) is 4.61. The summed E-state index contributed by atoms with van der Waals surface area (Å²) in [5.74, 6) is -0.0754. The van der Waals surface area contributed by atoms with E-state index in [0.29, 0.717) is 12.2 Å². The first-order valence-corrected chi connectivity index (χ1v) is 6.70. The van der Waals surface area contributed by atoms with Crippen molar-refractivity contribution in [2.24, 2.45) is 0 Å². The topological polar surface area (TPSA) is 45.2 Å². The smallest absolute Gasteiger partial charge is 0.272 e. The van der Waals surface area contributed by atoms with Gasteiger partial charge in [-0.3, -0.25) is 9.78 Å². The number of amides is 1. The van der Waals surface area contributed by atoms with Gasteiger partial charge in [-0.05, 0) is 24.6 Å². The molecule has 1 N–H and O–H groups in total. The van der Waals surface area contributed by atoms with Gasteiger partial charge in [0.05, 0.1) is 0 Å². The third kappa shape index (κ3) is 3.57. The third-order valence-corrected chi connectivity index (χ3v) is 2.97. The quantitative estimate of drug-likeness (QED) is 0.907. The molecule has 0 bridgehead atoms. The minimum Gasteiger partial charge on any atom is -0.385 e. The van der Waals surface area contributed by atoms with Crippen molar-refractivity contribution in [2.45, 2.75) is 13.5 Å². The van der Waals surface area contributed by atoms with Crippen LogP contribution in [-0.4, -0.2) is 29.4 Å². The van der Waals surface area contributed by atoms with E-state index in [1.807, 2.05) is 43.3 Å². The summed E-state index contributed by atoms with van der Waals surface area (Å²) in [6.45, 7) is 3.41. The average molecular weight is 269 g/mol. The summed E-state index contributed by atoms with van der Waals surface area (Å²) in [5, 5.41) is 3.18. The highest BCUT2D eigenvalue weighted by Gasteiger charge is 2.13. The molecule has 104 valence electrons. The molecule has 1 aromatic heterocycles. The van der Waals surface area contributed by atoms with Gasteiger partial charge in [-0.25, -0.2) is 0 Å². The Bertz CT molecular complexity index is 569. The average Bonchev–Trinajstić information content (AvgIpc) is 2.48. The monoisotopic (exact) mass is 269 g/mol. The number of benzene rings is 1. The molecule has 0 aliphatic carbocycles. The molecule has 0 saturated heterocycles. The molecule has 1 heterocycles. The van der Waals surface area contributed by atoms with Crippen LogP contribution >= 0.6 is 0 Å². The van der Waals surface area contributed by atoms with E-state index < -0.39 is 0 Å². The maximum absolute atomic E-state index is 12.3. The van der Waals surface area contributed by atoms with Crippen LogP contribution in [0.2, 0.25) is 0 Å². The first-order valence-electron chi connectivity index (χ1n) is 6.70. The molecule has 0 fully saturated rings. The van der Waals surface area contributed by atoms with Crippen LogP contribution in [0.15, 0.2) is 48.7 Å². The van der Waals surface area contributed by atoms with Gasteiger partial charge in [-0.2, -0.15) is 0 Å². The highest BCUT2D eigenvalue weighted by atomic mass is 16.2. The Morgan fingerprint density at radius 2 is 2.00 bits per heavy atom. The number of nitrogens with one attached hydrogen (secondary N) is 1. The van der Waals surface area contributed by atoms with Gasteiger partial charge in [0.15, 0.2) is 0 Å². The van der Waals surface area contributed by atoms with Crippen molar-refractivity contribution in [1.29, 1.82) is 0 Å². The van der Waals surface area contributed by atoms with E-state index in [1.54, 1.807) is 24.2 Å². The van der Waals surface area contributed by atoms with Crippen LogP contribution in [0.3, 0.4) is 0 Å². The Morgan fingerprint density at radius 1 is 1.25 bits per heavy atom. The predicted octanol–water partition coefficient (Wildman–Crippen LogP) is 2.79. The van der Waals surface area contributed by atoms with Crippen molar-refractivity contribution >= 4 is 11.6 Å². The van der Waals surface area contributed by atoms with E-state index >= 15 is 0 Å². The largest absolute Gasteiger partial charge is 0.385 e. The zero-order valence-corrected chi connectivity index (χ0v) is 11.8. The molecular weight excluding hydrogens is 250 g/mol. The van der Waals surface area contributed by atoms with Gasteiger partial charge in [0.2, 0.25) is 0 Å². The van der Waals surface area contributed by atoms with E-state index in [2.05, 4.69) is 10.3 Å². The zero-order chi connectivity index (χ0) is 14.4. The van der Waals surface area contributed by atoms with E-state index in [4.69, 9.17) is 0 Å². The van der Waals surface area contributed by atoms with Crippen LogP contribution in [-0.2, 0) is 6.54 Å². The van der Waals surface area contributed by atoms with Crippen molar-refractivity contribution in [3.63, 3.8) is 0 Å². The maximum Gasteiger partial charge on any atom is 0.272 e. The number of hydrogen-bond acceptors (Lipinski definition) is 3. The molecule has 0 saturated carbocycles. The predicted molar refractivity (Wildman–Crippen MR) is 80.6 cm³/mol. The molecule has 0 aliphatic heterocycles. The Morgan fingerprint density at radius 3 is 2.70 bits per heavy atom. The summed E-state index contributed by atoms with van der Waals surface area (Å²) in [5.41, 5.74) is 2.48. The first-order chi connectivity index (χ1) is 9.70. The van der Waals surface area contributed by atoms with Crippen LogP contribution in [0.4, 0.5) is 5.69 Å². The minimum atomic E-state index is -0.0754. The lowest BCUT2D eigenvalue weighted by atomic mass is 10.2. The molecule has 2 rings (SSSR count). The fraction of sp³-hybridized carbons (Fsp3) is 0.250. The van der Waals surface area contributed by atoms with Gasteiger partial charge in [0.25, 0.3) is 5.91 Å². The molecule has 2 aromatic rings. The molecule has 4 nitrogen and oxygen atoms in total. The van der Waals surface area contributed by atoms with Gasteiger partial charge in [-0.1, -0.05) is 30.3 Å². The molecule has 0 aliphatic rings. The van der Waals surface area contributed by atoms with E-state index in [-0.39, 0.29) is 5.91 Å². The SMILES string of the molecule is CCNc1ccnc(C(=O)N(C)Cc2ccccc2)c1. The van der Waals surface area contributed by atoms with Gasteiger partial charge < -0.3 is 10.2 Å². The summed E-state index contributed by atoms with van der Waals surface area (Å²) in [4.78, 5) is 18.2. The summed E-state index contributed by atoms with van der Waals surface area (Å²) in [6.07, 6.45) is 1.65. The molecule has 4 heteroatoms. The third-order valence-electron chi connectivity index (χ3n) is 2.97. The van der Waals surface area contributed by atoms with E-state index in [0.717, 1.165) is 17.8 Å². The van der Waals surface area contributed by atoms with Crippen LogP contribution in [0.5, 0.6) is 0 Å². The molecule has 1 aromatic carbocycles. The number of hydrogen-bond donors (Lipinski definition) is 1.